The maximum atomic E-state index is 12.0. The van der Waals surface area contributed by atoms with Gasteiger partial charge in [-0.1, -0.05) is 30.3 Å². The summed E-state index contributed by atoms with van der Waals surface area (Å²) in [6.07, 6.45) is 3.15. The van der Waals surface area contributed by atoms with Crippen LogP contribution < -0.4 is 5.69 Å². The minimum atomic E-state index is -0.187. The molecule has 1 N–H and O–H groups in total. The van der Waals surface area contributed by atoms with Crippen LogP contribution in [0.1, 0.15) is 18.5 Å². The van der Waals surface area contributed by atoms with E-state index in [1.165, 1.54) is 0 Å². The lowest BCUT2D eigenvalue weighted by atomic mass is 10.1. The van der Waals surface area contributed by atoms with Crippen molar-refractivity contribution in [2.45, 2.75) is 13.0 Å². The third kappa shape index (κ3) is 1.60. The number of fused-ring (bicyclic) bond motifs is 1. The second-order valence-corrected chi connectivity index (χ2v) is 4.12. The Balaban J connectivity index is 2.20. The number of hydrogen-bond acceptors (Lipinski definition) is 3. The zero-order chi connectivity index (χ0) is 12.5. The third-order valence-electron chi connectivity index (χ3n) is 3.02. The van der Waals surface area contributed by atoms with Gasteiger partial charge >= 0.3 is 5.69 Å². The summed E-state index contributed by atoms with van der Waals surface area (Å²) in [6.45, 7) is 1.97. The topological polar surface area (TPSA) is 63.6 Å². The van der Waals surface area contributed by atoms with E-state index in [0.717, 1.165) is 5.56 Å². The molecule has 5 heteroatoms. The minimum Gasteiger partial charge on any atom is -0.289 e. The first-order chi connectivity index (χ1) is 8.77. The van der Waals surface area contributed by atoms with E-state index < -0.39 is 0 Å². The number of nitrogens with zero attached hydrogens (tertiary/aromatic N) is 3. The van der Waals surface area contributed by atoms with E-state index in [2.05, 4.69) is 15.0 Å². The monoisotopic (exact) mass is 240 g/mol. The number of imidazole rings is 1. The summed E-state index contributed by atoms with van der Waals surface area (Å²) in [6, 6.07) is 9.77. The van der Waals surface area contributed by atoms with E-state index >= 15 is 0 Å². The number of hydrogen-bond donors (Lipinski definition) is 1. The van der Waals surface area contributed by atoms with Gasteiger partial charge in [0.15, 0.2) is 11.3 Å². The van der Waals surface area contributed by atoms with Crippen molar-refractivity contribution in [3.63, 3.8) is 0 Å². The van der Waals surface area contributed by atoms with Crippen molar-refractivity contribution in [3.05, 3.63) is 58.8 Å². The Hall–Kier alpha value is -2.43. The van der Waals surface area contributed by atoms with Crippen LogP contribution in [-0.2, 0) is 0 Å². The molecule has 0 radical (unpaired) electrons. The van der Waals surface area contributed by atoms with Crippen LogP contribution in [0.2, 0.25) is 0 Å². The Bertz CT molecular complexity index is 729. The molecule has 18 heavy (non-hydrogen) atoms. The molecular formula is C13H12N4O. The number of aromatic nitrogens is 4. The summed E-state index contributed by atoms with van der Waals surface area (Å²) in [7, 11) is 0. The van der Waals surface area contributed by atoms with E-state index in [0.29, 0.717) is 11.3 Å². The molecule has 0 aliphatic heterocycles. The molecule has 0 aliphatic rings. The molecule has 2 aromatic heterocycles. The molecule has 3 aromatic rings. The van der Waals surface area contributed by atoms with Crippen molar-refractivity contribution in [1.29, 1.82) is 0 Å². The number of aromatic amines is 1. The van der Waals surface area contributed by atoms with E-state index in [1.807, 2.05) is 37.3 Å². The number of nitrogens with one attached hydrogen (secondary N) is 1. The van der Waals surface area contributed by atoms with Gasteiger partial charge < -0.3 is 0 Å². The van der Waals surface area contributed by atoms with Crippen LogP contribution in [-0.4, -0.2) is 19.5 Å². The Morgan fingerprint density at radius 1 is 1.17 bits per heavy atom. The molecule has 0 amide bonds. The summed E-state index contributed by atoms with van der Waals surface area (Å²) >= 11 is 0. The van der Waals surface area contributed by atoms with Crippen LogP contribution in [0.3, 0.4) is 0 Å². The van der Waals surface area contributed by atoms with Gasteiger partial charge in [0.2, 0.25) is 0 Å². The van der Waals surface area contributed by atoms with E-state index in [9.17, 15) is 4.79 Å². The second kappa shape index (κ2) is 4.10. The Morgan fingerprint density at radius 3 is 2.67 bits per heavy atom. The maximum Gasteiger partial charge on any atom is 0.329 e. The van der Waals surface area contributed by atoms with Crippen LogP contribution in [0.5, 0.6) is 0 Å². The average molecular weight is 240 g/mol. The van der Waals surface area contributed by atoms with Gasteiger partial charge in [0.1, 0.15) is 0 Å². The molecule has 1 atom stereocenters. The summed E-state index contributed by atoms with van der Waals surface area (Å²) in [4.78, 5) is 23.0. The van der Waals surface area contributed by atoms with Gasteiger partial charge in [0.05, 0.1) is 6.04 Å². The van der Waals surface area contributed by atoms with Crippen molar-refractivity contribution in [2.24, 2.45) is 0 Å². The van der Waals surface area contributed by atoms with Gasteiger partial charge in [-0.3, -0.25) is 9.55 Å². The highest BCUT2D eigenvalue weighted by molar-refractivity contribution is 5.65. The van der Waals surface area contributed by atoms with Crippen LogP contribution >= 0.6 is 0 Å². The lowest BCUT2D eigenvalue weighted by Gasteiger charge is -2.12. The van der Waals surface area contributed by atoms with E-state index in [4.69, 9.17) is 0 Å². The van der Waals surface area contributed by atoms with Gasteiger partial charge in [-0.05, 0) is 12.5 Å². The predicted molar refractivity (Wildman–Crippen MR) is 68.4 cm³/mol. The molecular weight excluding hydrogens is 228 g/mol. The molecule has 0 saturated carbocycles. The van der Waals surface area contributed by atoms with E-state index in [1.54, 1.807) is 17.0 Å². The van der Waals surface area contributed by atoms with Gasteiger partial charge in [-0.25, -0.2) is 14.8 Å². The van der Waals surface area contributed by atoms with Crippen LogP contribution in [0.15, 0.2) is 47.5 Å². The maximum absolute atomic E-state index is 12.0. The number of H-pyrrole nitrogens is 1. The molecule has 0 aliphatic carbocycles. The first-order valence-electron chi connectivity index (χ1n) is 5.73. The lowest BCUT2D eigenvalue weighted by molar-refractivity contribution is 0.630. The van der Waals surface area contributed by atoms with Gasteiger partial charge in [-0.2, -0.15) is 0 Å². The highest BCUT2D eigenvalue weighted by atomic mass is 16.1. The minimum absolute atomic E-state index is 0.0795. The van der Waals surface area contributed by atoms with Crippen molar-refractivity contribution < 1.29 is 0 Å². The fraction of sp³-hybridized carbons (Fsp3) is 0.154. The Kier molecular flexibility index (Phi) is 2.44. The van der Waals surface area contributed by atoms with Crippen molar-refractivity contribution in [1.82, 2.24) is 19.5 Å². The molecule has 2 heterocycles. The lowest BCUT2D eigenvalue weighted by Crippen LogP contribution is -2.21. The Morgan fingerprint density at radius 2 is 1.89 bits per heavy atom. The Labute approximate surface area is 103 Å². The SMILES string of the molecule is C[C@H](c1ccccc1)n1c(=O)[nH]c2nccnc21. The zero-order valence-corrected chi connectivity index (χ0v) is 9.87. The molecule has 0 saturated heterocycles. The summed E-state index contributed by atoms with van der Waals surface area (Å²) < 4.78 is 1.62. The normalized spacial score (nSPS) is 12.7. The number of rotatable bonds is 2. The van der Waals surface area contributed by atoms with Gasteiger partial charge in [0.25, 0.3) is 0 Å². The summed E-state index contributed by atoms with van der Waals surface area (Å²) in [5, 5.41) is 0. The van der Waals surface area contributed by atoms with Crippen LogP contribution in [0.25, 0.3) is 11.3 Å². The standard InChI is InChI=1S/C13H12N4O/c1-9(10-5-3-2-4-6-10)17-12-11(16-13(17)18)14-7-8-15-12/h2-9H,1H3,(H,14,16,18)/t9-/m1/s1. The first-order valence-corrected chi connectivity index (χ1v) is 5.73. The number of benzene rings is 1. The first kappa shape index (κ1) is 10.7. The van der Waals surface area contributed by atoms with Crippen molar-refractivity contribution >= 4 is 11.3 Å². The van der Waals surface area contributed by atoms with Crippen LogP contribution in [0.4, 0.5) is 0 Å². The highest BCUT2D eigenvalue weighted by Crippen LogP contribution is 2.18. The third-order valence-corrected chi connectivity index (χ3v) is 3.02. The van der Waals surface area contributed by atoms with E-state index in [-0.39, 0.29) is 11.7 Å². The molecule has 3 rings (SSSR count). The smallest absolute Gasteiger partial charge is 0.289 e. The molecule has 0 unspecified atom stereocenters. The summed E-state index contributed by atoms with van der Waals surface area (Å²) in [5.41, 5.74) is 1.97. The van der Waals surface area contributed by atoms with Crippen molar-refractivity contribution in [2.75, 3.05) is 0 Å². The molecule has 1 aromatic carbocycles. The fourth-order valence-corrected chi connectivity index (χ4v) is 2.09. The largest absolute Gasteiger partial charge is 0.329 e. The second-order valence-electron chi connectivity index (χ2n) is 4.12. The quantitative estimate of drug-likeness (QED) is 0.742. The molecule has 0 spiro atoms. The van der Waals surface area contributed by atoms with Crippen molar-refractivity contribution in [3.8, 4) is 0 Å². The predicted octanol–water partition coefficient (Wildman–Crippen LogP) is 1.73. The molecule has 0 fully saturated rings. The van der Waals surface area contributed by atoms with Crippen LogP contribution in [0, 0.1) is 0 Å². The summed E-state index contributed by atoms with van der Waals surface area (Å²) in [5.74, 6) is 0. The highest BCUT2D eigenvalue weighted by Gasteiger charge is 2.15. The molecule has 90 valence electrons. The zero-order valence-electron chi connectivity index (χ0n) is 9.87. The van der Waals surface area contributed by atoms with Gasteiger partial charge in [-0.15, -0.1) is 0 Å². The fourth-order valence-electron chi connectivity index (χ4n) is 2.09. The van der Waals surface area contributed by atoms with Gasteiger partial charge in [0, 0.05) is 12.4 Å². The average Bonchev–Trinajstić information content (AvgIpc) is 2.75. The molecule has 5 nitrogen and oxygen atoms in total. The molecule has 0 bridgehead atoms.